The van der Waals surface area contributed by atoms with E-state index in [1.54, 1.807) is 0 Å². The molecule has 1 aliphatic heterocycles. The van der Waals surface area contributed by atoms with Gasteiger partial charge in [-0.1, -0.05) is 6.42 Å². The van der Waals surface area contributed by atoms with Crippen molar-refractivity contribution in [2.24, 2.45) is 0 Å². The zero-order valence-corrected chi connectivity index (χ0v) is 18.2. The van der Waals surface area contributed by atoms with Crippen LogP contribution in [0.5, 0.6) is 0 Å². The maximum Gasteiger partial charge on any atom is 0.306 e. The number of rotatable bonds is 12. The van der Waals surface area contributed by atoms with E-state index in [-0.39, 0.29) is 12.1 Å². The number of ether oxygens (including phenoxy) is 3. The van der Waals surface area contributed by atoms with Crippen LogP contribution in [0.4, 0.5) is 0 Å². The van der Waals surface area contributed by atoms with Crippen LogP contribution in [0.1, 0.15) is 72.6 Å². The molecule has 4 N–H and O–H groups in total. The summed E-state index contributed by atoms with van der Waals surface area (Å²) in [6.45, 7) is 7.75. The Bertz CT molecular complexity index is 462. The zero-order valence-electron chi connectivity index (χ0n) is 18.2. The molecule has 0 bridgehead atoms. The average Bonchev–Trinajstić information content (AvgIpc) is 2.63. The molecule has 8 nitrogen and oxygen atoms in total. The van der Waals surface area contributed by atoms with Gasteiger partial charge in [0.1, 0.15) is 30.0 Å². The van der Waals surface area contributed by atoms with Gasteiger partial charge >= 0.3 is 5.97 Å². The topological polar surface area (TPSA) is 126 Å². The predicted molar refractivity (Wildman–Crippen MR) is 107 cm³/mol. The third kappa shape index (κ3) is 10.2. The van der Waals surface area contributed by atoms with Gasteiger partial charge in [-0.25, -0.2) is 0 Å². The first-order valence-electron chi connectivity index (χ1n) is 10.7. The minimum atomic E-state index is -1.32. The first-order valence-corrected chi connectivity index (χ1v) is 10.7. The zero-order chi connectivity index (χ0) is 22.0. The second-order valence-corrected chi connectivity index (χ2v) is 8.88. The fraction of sp³-hybridized carbons (Fsp3) is 0.952. The van der Waals surface area contributed by atoms with Crippen molar-refractivity contribution in [2.75, 3.05) is 13.2 Å². The second kappa shape index (κ2) is 12.8. The summed E-state index contributed by atoms with van der Waals surface area (Å²) in [4.78, 5) is 11.7. The molecule has 1 heterocycles. The van der Waals surface area contributed by atoms with Crippen LogP contribution in [0.3, 0.4) is 0 Å². The number of hydrogen-bond acceptors (Lipinski definition) is 8. The maximum absolute atomic E-state index is 11.7. The summed E-state index contributed by atoms with van der Waals surface area (Å²) in [5.74, 6) is -0.167. The van der Waals surface area contributed by atoms with E-state index in [0.717, 1.165) is 32.1 Å². The molecule has 0 radical (unpaired) electrons. The molecule has 172 valence electrons. The molecule has 8 heteroatoms. The summed E-state index contributed by atoms with van der Waals surface area (Å²) in [7, 11) is 0. The van der Waals surface area contributed by atoms with Gasteiger partial charge in [-0.3, -0.25) is 4.79 Å². The number of aliphatic hydroxyl groups is 4. The Labute approximate surface area is 174 Å². The third-order valence-corrected chi connectivity index (χ3v) is 4.94. The van der Waals surface area contributed by atoms with Gasteiger partial charge in [0.2, 0.25) is 0 Å². The molecule has 0 aliphatic carbocycles. The number of carbonyl (C=O) groups excluding carboxylic acids is 1. The van der Waals surface area contributed by atoms with Crippen molar-refractivity contribution in [1.82, 2.24) is 0 Å². The molecular formula is C21H40O8. The smallest absolute Gasteiger partial charge is 0.306 e. The van der Waals surface area contributed by atoms with Gasteiger partial charge in [0, 0.05) is 13.0 Å². The maximum atomic E-state index is 11.7. The highest BCUT2D eigenvalue weighted by Crippen LogP contribution is 2.24. The molecular weight excluding hydrogens is 380 g/mol. The molecule has 1 aliphatic rings. The number of unbranched alkanes of at least 4 members (excludes halogenated alkanes) is 2. The third-order valence-electron chi connectivity index (χ3n) is 4.94. The van der Waals surface area contributed by atoms with Crippen LogP contribution in [-0.2, 0) is 19.0 Å². The second-order valence-electron chi connectivity index (χ2n) is 8.88. The van der Waals surface area contributed by atoms with E-state index in [0.29, 0.717) is 19.4 Å². The van der Waals surface area contributed by atoms with Crippen LogP contribution < -0.4 is 0 Å². The summed E-state index contributed by atoms with van der Waals surface area (Å²) < 4.78 is 16.5. The number of carbonyl (C=O) groups is 1. The fourth-order valence-corrected chi connectivity index (χ4v) is 3.33. The van der Waals surface area contributed by atoms with Gasteiger partial charge in [0.05, 0.1) is 18.8 Å². The van der Waals surface area contributed by atoms with E-state index in [4.69, 9.17) is 14.2 Å². The first-order chi connectivity index (χ1) is 13.5. The lowest BCUT2D eigenvalue weighted by atomic mass is 9.92. The molecule has 0 aromatic carbocycles. The van der Waals surface area contributed by atoms with Gasteiger partial charge in [0.15, 0.2) is 0 Å². The van der Waals surface area contributed by atoms with Gasteiger partial charge in [-0.2, -0.15) is 0 Å². The number of aliphatic hydroxyl groups excluding tert-OH is 4. The largest absolute Gasteiger partial charge is 0.460 e. The Balaban J connectivity index is 2.10. The molecule has 0 saturated carbocycles. The highest BCUT2D eigenvalue weighted by molar-refractivity contribution is 5.69. The summed E-state index contributed by atoms with van der Waals surface area (Å²) in [5, 5.41) is 38.8. The summed E-state index contributed by atoms with van der Waals surface area (Å²) in [6.07, 6.45) is -0.192. The van der Waals surface area contributed by atoms with Crippen LogP contribution in [0, 0.1) is 0 Å². The average molecular weight is 421 g/mol. The van der Waals surface area contributed by atoms with E-state index in [1.807, 2.05) is 27.7 Å². The van der Waals surface area contributed by atoms with Crippen molar-refractivity contribution in [1.29, 1.82) is 0 Å². The van der Waals surface area contributed by atoms with Crippen LogP contribution in [0.25, 0.3) is 0 Å². The van der Waals surface area contributed by atoms with E-state index >= 15 is 0 Å². The summed E-state index contributed by atoms with van der Waals surface area (Å²) >= 11 is 0. The van der Waals surface area contributed by atoms with Gasteiger partial charge in [-0.15, -0.1) is 0 Å². The van der Waals surface area contributed by atoms with Crippen molar-refractivity contribution in [3.8, 4) is 0 Å². The fourth-order valence-electron chi connectivity index (χ4n) is 3.33. The SMILES string of the molecule is CC(CCCCC(=O)OC(C)(C)C)OCCCC[C@@H]1OC(CO)[C@H](O)C(O)[C@@H]1O. The van der Waals surface area contributed by atoms with Crippen molar-refractivity contribution in [3.63, 3.8) is 0 Å². The molecule has 1 fully saturated rings. The molecule has 0 amide bonds. The van der Waals surface area contributed by atoms with Crippen molar-refractivity contribution in [2.45, 2.75) is 115 Å². The Hall–Kier alpha value is -0.770. The molecule has 0 spiro atoms. The van der Waals surface area contributed by atoms with E-state index in [2.05, 4.69) is 0 Å². The van der Waals surface area contributed by atoms with Gasteiger partial charge in [-0.05, 0) is 59.8 Å². The predicted octanol–water partition coefficient (Wildman–Crippen LogP) is 1.31. The van der Waals surface area contributed by atoms with Crippen LogP contribution in [0.15, 0.2) is 0 Å². The number of hydrogen-bond donors (Lipinski definition) is 4. The Morgan fingerprint density at radius 1 is 1.00 bits per heavy atom. The van der Waals surface area contributed by atoms with Gasteiger partial charge < -0.3 is 34.6 Å². The van der Waals surface area contributed by atoms with Crippen LogP contribution in [-0.4, -0.2) is 81.8 Å². The summed E-state index contributed by atoms with van der Waals surface area (Å²) in [6, 6.07) is 0. The Kier molecular flexibility index (Phi) is 11.6. The summed E-state index contributed by atoms with van der Waals surface area (Å²) in [5.41, 5.74) is -0.441. The highest BCUT2D eigenvalue weighted by atomic mass is 16.6. The molecule has 0 aromatic heterocycles. The van der Waals surface area contributed by atoms with Crippen molar-refractivity contribution in [3.05, 3.63) is 0 Å². The minimum Gasteiger partial charge on any atom is -0.460 e. The Morgan fingerprint density at radius 3 is 2.28 bits per heavy atom. The lowest BCUT2D eigenvalue weighted by molar-refractivity contribution is -0.230. The molecule has 6 atom stereocenters. The Morgan fingerprint density at radius 2 is 1.66 bits per heavy atom. The molecule has 0 aromatic rings. The molecule has 29 heavy (non-hydrogen) atoms. The molecule has 3 unspecified atom stereocenters. The van der Waals surface area contributed by atoms with Crippen molar-refractivity contribution < 1.29 is 39.4 Å². The highest BCUT2D eigenvalue weighted by Gasteiger charge is 2.42. The van der Waals surface area contributed by atoms with Crippen molar-refractivity contribution >= 4 is 5.97 Å². The van der Waals surface area contributed by atoms with E-state index in [1.165, 1.54) is 0 Å². The molecule has 1 saturated heterocycles. The van der Waals surface area contributed by atoms with Gasteiger partial charge in [0.25, 0.3) is 0 Å². The lowest BCUT2D eigenvalue weighted by Crippen LogP contribution is -2.58. The standard InChI is InChI=1S/C21H40O8/c1-14(9-5-6-11-17(23)29-21(2,3)4)27-12-8-7-10-15-18(24)20(26)19(25)16(13-22)28-15/h14-16,18-20,22,24-26H,5-13H2,1-4H3/t14?,15-,16?,18+,19-,20?/m0/s1. The quantitative estimate of drug-likeness (QED) is 0.275. The normalized spacial score (nSPS) is 28.9. The monoisotopic (exact) mass is 420 g/mol. The minimum absolute atomic E-state index is 0.0981. The van der Waals surface area contributed by atoms with E-state index < -0.39 is 42.7 Å². The van der Waals surface area contributed by atoms with Crippen LogP contribution in [0.2, 0.25) is 0 Å². The van der Waals surface area contributed by atoms with E-state index in [9.17, 15) is 25.2 Å². The lowest BCUT2D eigenvalue weighted by Gasteiger charge is -2.40. The number of esters is 1. The first kappa shape index (κ1) is 26.3. The van der Waals surface area contributed by atoms with Crippen LogP contribution >= 0.6 is 0 Å². The molecule has 1 rings (SSSR count).